The van der Waals surface area contributed by atoms with Crippen LogP contribution in [0.15, 0.2) is 0 Å². The van der Waals surface area contributed by atoms with Gasteiger partial charge in [0.1, 0.15) is 5.82 Å². The molecule has 0 fully saturated rings. The number of anilines is 2. The van der Waals surface area contributed by atoms with E-state index in [4.69, 9.17) is 10.7 Å². The molecule has 102 valence electrons. The Bertz CT molecular complexity index is 414. The first-order valence-electron chi connectivity index (χ1n) is 6.85. The van der Waals surface area contributed by atoms with E-state index in [0.717, 1.165) is 23.6 Å². The number of pyridine rings is 1. The Hall–Kier alpha value is -1.25. The minimum absolute atomic E-state index is 0.434. The highest BCUT2D eigenvalue weighted by Crippen LogP contribution is 2.29. The van der Waals surface area contributed by atoms with Crippen LogP contribution in [0.4, 0.5) is 11.5 Å². The van der Waals surface area contributed by atoms with E-state index in [1.165, 1.54) is 11.1 Å². The molecule has 3 nitrogen and oxygen atoms in total. The monoisotopic (exact) mass is 249 g/mol. The minimum atomic E-state index is 0.434. The number of aryl methyl sites for hydroxylation is 1. The molecule has 1 heterocycles. The third-order valence-corrected chi connectivity index (χ3v) is 3.55. The quantitative estimate of drug-likeness (QED) is 0.888. The van der Waals surface area contributed by atoms with E-state index in [1.807, 2.05) is 0 Å². The van der Waals surface area contributed by atoms with E-state index in [-0.39, 0.29) is 0 Å². The molecule has 0 spiro atoms. The Morgan fingerprint density at radius 1 is 1.06 bits per heavy atom. The third-order valence-electron chi connectivity index (χ3n) is 3.55. The van der Waals surface area contributed by atoms with E-state index in [0.29, 0.717) is 12.1 Å². The molecule has 1 aromatic heterocycles. The van der Waals surface area contributed by atoms with Gasteiger partial charge in [0.15, 0.2) is 0 Å². The molecule has 0 aliphatic heterocycles. The van der Waals surface area contributed by atoms with Crippen molar-refractivity contribution in [1.82, 2.24) is 4.98 Å². The number of aromatic nitrogens is 1. The van der Waals surface area contributed by atoms with Crippen molar-refractivity contribution in [2.45, 2.75) is 67.0 Å². The van der Waals surface area contributed by atoms with Crippen LogP contribution in [0, 0.1) is 13.8 Å². The van der Waals surface area contributed by atoms with Gasteiger partial charge in [-0.15, -0.1) is 0 Å². The summed E-state index contributed by atoms with van der Waals surface area (Å²) in [7, 11) is 0. The zero-order valence-electron chi connectivity index (χ0n) is 12.8. The van der Waals surface area contributed by atoms with E-state index < -0.39 is 0 Å². The van der Waals surface area contributed by atoms with Crippen LogP contribution in [0.5, 0.6) is 0 Å². The molecule has 0 saturated heterocycles. The number of nitrogens with zero attached hydrogens (tertiary/aromatic N) is 2. The third kappa shape index (κ3) is 2.60. The lowest BCUT2D eigenvalue weighted by molar-refractivity contribution is 0.597. The summed E-state index contributed by atoms with van der Waals surface area (Å²) in [5.41, 5.74) is 10.4. The van der Waals surface area contributed by atoms with Crippen LogP contribution in [0.3, 0.4) is 0 Å². The zero-order chi connectivity index (χ0) is 14.0. The molecule has 18 heavy (non-hydrogen) atoms. The van der Waals surface area contributed by atoms with E-state index in [2.05, 4.69) is 53.4 Å². The average molecular weight is 249 g/mol. The Labute approximate surface area is 111 Å². The van der Waals surface area contributed by atoms with Gasteiger partial charge in [-0.2, -0.15) is 0 Å². The fraction of sp³-hybridized carbons (Fsp3) is 0.667. The highest BCUT2D eigenvalue weighted by atomic mass is 15.2. The van der Waals surface area contributed by atoms with Crippen molar-refractivity contribution < 1.29 is 0 Å². The largest absolute Gasteiger partial charge is 0.397 e. The standard InChI is InChI=1S/C15H27N3/c1-8-13-14(16)11(6)12(7)15(17-13)18(9(2)3)10(4)5/h9-10H,8,16H2,1-7H3. The molecule has 0 saturated carbocycles. The summed E-state index contributed by atoms with van der Waals surface area (Å²) in [5.74, 6) is 1.09. The van der Waals surface area contributed by atoms with Crippen LogP contribution < -0.4 is 10.6 Å². The van der Waals surface area contributed by atoms with Gasteiger partial charge in [0.25, 0.3) is 0 Å². The van der Waals surface area contributed by atoms with Gasteiger partial charge in [-0.1, -0.05) is 6.92 Å². The molecule has 0 bridgehead atoms. The maximum Gasteiger partial charge on any atom is 0.132 e. The van der Waals surface area contributed by atoms with Crippen molar-refractivity contribution in [3.8, 4) is 0 Å². The number of hydrogen-bond acceptors (Lipinski definition) is 3. The first-order chi connectivity index (χ1) is 8.31. The second kappa shape index (κ2) is 5.59. The summed E-state index contributed by atoms with van der Waals surface area (Å²) in [6, 6.07) is 0.868. The molecule has 0 atom stereocenters. The van der Waals surface area contributed by atoms with E-state index in [1.54, 1.807) is 0 Å². The highest BCUT2D eigenvalue weighted by Gasteiger charge is 2.20. The van der Waals surface area contributed by atoms with Crippen LogP contribution in [-0.4, -0.2) is 17.1 Å². The fourth-order valence-electron chi connectivity index (χ4n) is 2.46. The Kier molecular flexibility index (Phi) is 4.60. The van der Waals surface area contributed by atoms with Crippen LogP contribution in [0.1, 0.15) is 51.4 Å². The summed E-state index contributed by atoms with van der Waals surface area (Å²) >= 11 is 0. The van der Waals surface area contributed by atoms with Crippen molar-refractivity contribution in [1.29, 1.82) is 0 Å². The van der Waals surface area contributed by atoms with Crippen LogP contribution >= 0.6 is 0 Å². The Morgan fingerprint density at radius 2 is 1.56 bits per heavy atom. The first kappa shape index (κ1) is 14.8. The maximum absolute atomic E-state index is 6.13. The molecule has 1 aromatic rings. The molecule has 1 rings (SSSR count). The van der Waals surface area contributed by atoms with Crippen LogP contribution in [0.2, 0.25) is 0 Å². The second-order valence-electron chi connectivity index (χ2n) is 5.49. The van der Waals surface area contributed by atoms with Crippen LogP contribution in [-0.2, 0) is 6.42 Å². The number of nitrogens with two attached hydrogens (primary N) is 1. The molecule has 2 N–H and O–H groups in total. The molecule has 0 unspecified atom stereocenters. The molecular formula is C15H27N3. The van der Waals surface area contributed by atoms with Crippen molar-refractivity contribution >= 4 is 11.5 Å². The predicted octanol–water partition coefficient (Wildman–Crippen LogP) is 3.47. The van der Waals surface area contributed by atoms with Gasteiger partial charge in [0.05, 0.1) is 11.4 Å². The van der Waals surface area contributed by atoms with Crippen LogP contribution in [0.25, 0.3) is 0 Å². The van der Waals surface area contributed by atoms with Crippen molar-refractivity contribution in [2.24, 2.45) is 0 Å². The van der Waals surface area contributed by atoms with Crippen molar-refractivity contribution in [2.75, 3.05) is 10.6 Å². The summed E-state index contributed by atoms with van der Waals surface area (Å²) in [5, 5.41) is 0. The second-order valence-corrected chi connectivity index (χ2v) is 5.49. The lowest BCUT2D eigenvalue weighted by Gasteiger charge is -2.34. The summed E-state index contributed by atoms with van der Waals surface area (Å²) < 4.78 is 0. The smallest absolute Gasteiger partial charge is 0.132 e. The zero-order valence-corrected chi connectivity index (χ0v) is 12.8. The molecule has 0 radical (unpaired) electrons. The Balaban J connectivity index is 3.44. The lowest BCUT2D eigenvalue weighted by Crippen LogP contribution is -2.38. The number of hydrogen-bond donors (Lipinski definition) is 1. The highest BCUT2D eigenvalue weighted by molar-refractivity contribution is 5.63. The predicted molar refractivity (Wildman–Crippen MR) is 80.3 cm³/mol. The maximum atomic E-state index is 6.13. The van der Waals surface area contributed by atoms with E-state index >= 15 is 0 Å². The van der Waals surface area contributed by atoms with Crippen molar-refractivity contribution in [3.63, 3.8) is 0 Å². The fourth-order valence-corrected chi connectivity index (χ4v) is 2.46. The summed E-state index contributed by atoms with van der Waals surface area (Å²) in [4.78, 5) is 7.16. The first-order valence-corrected chi connectivity index (χ1v) is 6.85. The SMILES string of the molecule is CCc1nc(N(C(C)C)C(C)C)c(C)c(C)c1N. The van der Waals surface area contributed by atoms with Gasteiger partial charge >= 0.3 is 0 Å². The Morgan fingerprint density at radius 3 is 1.94 bits per heavy atom. The molecular weight excluding hydrogens is 222 g/mol. The van der Waals surface area contributed by atoms with Crippen molar-refractivity contribution in [3.05, 3.63) is 16.8 Å². The molecule has 0 aliphatic rings. The average Bonchev–Trinajstić information content (AvgIpc) is 2.28. The van der Waals surface area contributed by atoms with E-state index in [9.17, 15) is 0 Å². The molecule has 0 aliphatic carbocycles. The minimum Gasteiger partial charge on any atom is -0.397 e. The summed E-state index contributed by atoms with van der Waals surface area (Å²) in [6.07, 6.45) is 0.879. The molecule has 3 heteroatoms. The summed E-state index contributed by atoms with van der Waals surface area (Å²) in [6.45, 7) is 15.1. The van der Waals surface area contributed by atoms with Gasteiger partial charge in [-0.05, 0) is 59.1 Å². The number of rotatable bonds is 4. The molecule has 0 aromatic carbocycles. The van der Waals surface area contributed by atoms with Gasteiger partial charge in [-0.3, -0.25) is 0 Å². The number of nitrogen functional groups attached to an aromatic ring is 1. The lowest BCUT2D eigenvalue weighted by atomic mass is 10.0. The topological polar surface area (TPSA) is 42.2 Å². The molecule has 0 amide bonds. The van der Waals surface area contributed by atoms with Gasteiger partial charge in [-0.25, -0.2) is 4.98 Å². The normalized spacial score (nSPS) is 11.4. The van der Waals surface area contributed by atoms with Gasteiger partial charge < -0.3 is 10.6 Å². The van der Waals surface area contributed by atoms with Gasteiger partial charge in [0.2, 0.25) is 0 Å². The van der Waals surface area contributed by atoms with Gasteiger partial charge in [0, 0.05) is 12.1 Å².